The number of benzene rings is 1. The number of hydrogen-bond acceptors (Lipinski definition) is 5. The number of rotatable bonds is 4. The average molecular weight is 306 g/mol. The minimum Gasteiger partial charge on any atom is -0.464 e. The van der Waals surface area contributed by atoms with Crippen molar-refractivity contribution in [3.05, 3.63) is 18.2 Å². The topological polar surface area (TPSA) is 93.7 Å². The molecule has 22 heavy (non-hydrogen) atoms. The summed E-state index contributed by atoms with van der Waals surface area (Å²) in [6, 6.07) is 4.80. The number of anilines is 2. The third-order valence-corrected chi connectivity index (χ3v) is 3.25. The van der Waals surface area contributed by atoms with Gasteiger partial charge in [0, 0.05) is 18.2 Å². The minimum absolute atomic E-state index is 0.143. The van der Waals surface area contributed by atoms with Crippen LogP contribution in [0.5, 0.6) is 5.75 Å². The van der Waals surface area contributed by atoms with Crippen LogP contribution < -0.4 is 15.4 Å². The van der Waals surface area contributed by atoms with Gasteiger partial charge in [0.2, 0.25) is 5.91 Å². The van der Waals surface area contributed by atoms with Crippen molar-refractivity contribution in [2.45, 2.75) is 32.8 Å². The maximum atomic E-state index is 12.1. The van der Waals surface area contributed by atoms with E-state index in [1.165, 1.54) is 6.92 Å². The highest BCUT2D eigenvalue weighted by molar-refractivity contribution is 6.14. The first-order valence-electron chi connectivity index (χ1n) is 7.02. The zero-order valence-corrected chi connectivity index (χ0v) is 12.7. The smallest absolute Gasteiger partial charge is 0.360 e. The first-order valence-corrected chi connectivity index (χ1v) is 7.02. The van der Waals surface area contributed by atoms with Gasteiger partial charge in [0.15, 0.2) is 0 Å². The molecule has 118 valence electrons. The number of esters is 1. The van der Waals surface area contributed by atoms with Gasteiger partial charge in [-0.05, 0) is 26.0 Å². The van der Waals surface area contributed by atoms with Gasteiger partial charge in [0.25, 0.3) is 11.5 Å². The lowest BCUT2D eigenvalue weighted by Gasteiger charge is -2.32. The summed E-state index contributed by atoms with van der Waals surface area (Å²) in [5, 5.41) is 5.29. The van der Waals surface area contributed by atoms with Crippen molar-refractivity contribution >= 4 is 29.2 Å². The van der Waals surface area contributed by atoms with E-state index in [1.54, 1.807) is 32.0 Å². The Kier molecular flexibility index (Phi) is 4.35. The fourth-order valence-electron chi connectivity index (χ4n) is 1.95. The second-order valence-electron chi connectivity index (χ2n) is 4.92. The van der Waals surface area contributed by atoms with Crippen molar-refractivity contribution in [3.8, 4) is 5.75 Å². The molecule has 2 amide bonds. The van der Waals surface area contributed by atoms with Gasteiger partial charge in [-0.25, -0.2) is 4.79 Å². The maximum absolute atomic E-state index is 12.1. The molecule has 0 radical (unpaired) electrons. The van der Waals surface area contributed by atoms with Crippen molar-refractivity contribution < 1.29 is 23.9 Å². The molecule has 2 N–H and O–H groups in total. The summed E-state index contributed by atoms with van der Waals surface area (Å²) >= 11 is 0. The van der Waals surface area contributed by atoms with Crippen molar-refractivity contribution in [1.82, 2.24) is 0 Å². The minimum atomic E-state index is -1.75. The number of ether oxygens (including phenoxy) is 2. The molecule has 1 aliphatic heterocycles. The molecule has 2 rings (SSSR count). The SMILES string of the molecule is CCOC(=O)C1(C)Oc2cc(NC(=O)CC)ccc2NC1=O. The van der Waals surface area contributed by atoms with Gasteiger partial charge in [-0.15, -0.1) is 0 Å². The lowest BCUT2D eigenvalue weighted by atomic mass is 10.0. The third kappa shape index (κ3) is 2.88. The van der Waals surface area contributed by atoms with Gasteiger partial charge in [-0.3, -0.25) is 9.59 Å². The molecule has 1 unspecified atom stereocenters. The van der Waals surface area contributed by atoms with E-state index in [-0.39, 0.29) is 12.5 Å². The van der Waals surface area contributed by atoms with Crippen LogP contribution in [0.1, 0.15) is 27.2 Å². The first kappa shape index (κ1) is 15.8. The summed E-state index contributed by atoms with van der Waals surface area (Å²) in [6.07, 6.45) is 0.342. The number of carbonyl (C=O) groups is 3. The molecular weight excluding hydrogens is 288 g/mol. The van der Waals surface area contributed by atoms with Crippen molar-refractivity contribution in [1.29, 1.82) is 0 Å². The molecule has 1 atom stereocenters. The molecule has 0 fully saturated rings. The molecule has 1 aromatic carbocycles. The average Bonchev–Trinajstić information content (AvgIpc) is 2.48. The van der Waals surface area contributed by atoms with E-state index in [1.807, 2.05) is 0 Å². The van der Waals surface area contributed by atoms with Gasteiger partial charge < -0.3 is 20.1 Å². The van der Waals surface area contributed by atoms with E-state index < -0.39 is 17.5 Å². The molecule has 1 aliphatic rings. The summed E-state index contributed by atoms with van der Waals surface area (Å²) in [4.78, 5) is 35.5. The Bertz CT molecular complexity index is 628. The number of fused-ring (bicyclic) bond motifs is 1. The van der Waals surface area contributed by atoms with E-state index in [4.69, 9.17) is 9.47 Å². The van der Waals surface area contributed by atoms with Gasteiger partial charge in [0.1, 0.15) is 5.75 Å². The highest BCUT2D eigenvalue weighted by atomic mass is 16.6. The number of hydrogen-bond donors (Lipinski definition) is 2. The molecule has 0 aliphatic carbocycles. The molecule has 0 saturated carbocycles. The van der Waals surface area contributed by atoms with Gasteiger partial charge in [-0.2, -0.15) is 0 Å². The summed E-state index contributed by atoms with van der Waals surface area (Å²) in [5.41, 5.74) is -0.801. The lowest BCUT2D eigenvalue weighted by Crippen LogP contribution is -2.55. The molecular formula is C15H18N2O5. The van der Waals surface area contributed by atoms with Crippen molar-refractivity contribution in [2.75, 3.05) is 17.2 Å². The number of nitrogens with one attached hydrogen (secondary N) is 2. The van der Waals surface area contributed by atoms with E-state index in [0.29, 0.717) is 23.5 Å². The molecule has 0 spiro atoms. The largest absolute Gasteiger partial charge is 0.464 e. The number of carbonyl (C=O) groups excluding carboxylic acids is 3. The molecule has 7 nitrogen and oxygen atoms in total. The second-order valence-corrected chi connectivity index (χ2v) is 4.92. The molecule has 0 aromatic heterocycles. The van der Waals surface area contributed by atoms with Crippen LogP contribution in [0.4, 0.5) is 11.4 Å². The zero-order chi connectivity index (χ0) is 16.3. The van der Waals surface area contributed by atoms with Crippen LogP contribution in [0.25, 0.3) is 0 Å². The molecule has 1 aromatic rings. The van der Waals surface area contributed by atoms with E-state index in [9.17, 15) is 14.4 Å². The standard InChI is InChI=1S/C15H18N2O5/c1-4-12(18)16-9-6-7-10-11(8-9)22-15(3,13(19)17-10)14(20)21-5-2/h6-8H,4-5H2,1-3H3,(H,16,18)(H,17,19). The van der Waals surface area contributed by atoms with Crippen LogP contribution in [0.15, 0.2) is 18.2 Å². The summed E-state index contributed by atoms with van der Waals surface area (Å²) < 4.78 is 10.5. The maximum Gasteiger partial charge on any atom is 0.360 e. The van der Waals surface area contributed by atoms with Crippen LogP contribution in [-0.4, -0.2) is 30.0 Å². The van der Waals surface area contributed by atoms with Crippen molar-refractivity contribution in [3.63, 3.8) is 0 Å². The first-order chi connectivity index (χ1) is 10.4. The fourth-order valence-corrected chi connectivity index (χ4v) is 1.95. The highest BCUT2D eigenvalue weighted by Gasteiger charge is 2.48. The second kappa shape index (κ2) is 6.05. The molecule has 7 heteroatoms. The molecule has 1 heterocycles. The Labute approximate surface area is 128 Å². The van der Waals surface area contributed by atoms with Crippen molar-refractivity contribution in [2.24, 2.45) is 0 Å². The van der Waals surface area contributed by atoms with E-state index >= 15 is 0 Å². The van der Waals surface area contributed by atoms with Crippen LogP contribution >= 0.6 is 0 Å². The zero-order valence-electron chi connectivity index (χ0n) is 12.7. The fraction of sp³-hybridized carbons (Fsp3) is 0.400. The van der Waals surface area contributed by atoms with Crippen LogP contribution in [0.3, 0.4) is 0 Å². The number of amides is 2. The Hall–Kier alpha value is -2.57. The van der Waals surface area contributed by atoms with Crippen LogP contribution in [0, 0.1) is 0 Å². The summed E-state index contributed by atoms with van der Waals surface area (Å²) in [7, 11) is 0. The van der Waals surface area contributed by atoms with Crippen LogP contribution in [0.2, 0.25) is 0 Å². The molecule has 0 bridgehead atoms. The van der Waals surface area contributed by atoms with Gasteiger partial charge in [0.05, 0.1) is 12.3 Å². The quantitative estimate of drug-likeness (QED) is 0.652. The normalized spacial score (nSPS) is 19.5. The lowest BCUT2D eigenvalue weighted by molar-refractivity contribution is -0.165. The van der Waals surface area contributed by atoms with E-state index in [2.05, 4.69) is 10.6 Å². The summed E-state index contributed by atoms with van der Waals surface area (Å²) in [5.74, 6) is -1.21. The highest BCUT2D eigenvalue weighted by Crippen LogP contribution is 2.36. The predicted octanol–water partition coefficient (Wildman–Crippen LogP) is 1.69. The van der Waals surface area contributed by atoms with E-state index in [0.717, 1.165) is 0 Å². The monoisotopic (exact) mass is 306 g/mol. The Morgan fingerprint density at radius 3 is 2.73 bits per heavy atom. The predicted molar refractivity (Wildman–Crippen MR) is 79.7 cm³/mol. The van der Waals surface area contributed by atoms with Gasteiger partial charge in [-0.1, -0.05) is 6.92 Å². The Morgan fingerprint density at radius 2 is 2.09 bits per heavy atom. The van der Waals surface area contributed by atoms with Gasteiger partial charge >= 0.3 is 5.97 Å². The van der Waals surface area contributed by atoms with Crippen LogP contribution in [-0.2, 0) is 19.1 Å². The summed E-state index contributed by atoms with van der Waals surface area (Å²) in [6.45, 7) is 4.88. The Balaban J connectivity index is 2.30. The molecule has 0 saturated heterocycles. The third-order valence-electron chi connectivity index (χ3n) is 3.25. The Morgan fingerprint density at radius 1 is 1.36 bits per heavy atom.